The number of hydrogen-bond acceptors (Lipinski definition) is 7. The van der Waals surface area contributed by atoms with E-state index in [4.69, 9.17) is 16.9 Å². The molecule has 0 fully saturated rings. The molecule has 3 aromatic rings. The van der Waals surface area contributed by atoms with Gasteiger partial charge in [0.15, 0.2) is 5.13 Å². The molecule has 160 valence electrons. The first-order chi connectivity index (χ1) is 14.6. The molecule has 0 aliphatic rings. The Labute approximate surface area is 187 Å². The molecule has 0 atom stereocenters. The van der Waals surface area contributed by atoms with Gasteiger partial charge in [0, 0.05) is 15.6 Å². The Morgan fingerprint density at radius 1 is 1.29 bits per heavy atom. The van der Waals surface area contributed by atoms with Gasteiger partial charge >= 0.3 is 0 Å². The molecule has 1 amide bonds. The van der Waals surface area contributed by atoms with Crippen LogP contribution in [-0.2, 0) is 16.6 Å². The molecule has 7 nitrogen and oxygen atoms in total. The average molecular weight is 479 g/mol. The topological polar surface area (TPSA) is 103 Å². The number of amides is 1. The molecular formula is C20H16ClFN4O3S2. The highest BCUT2D eigenvalue weighted by atomic mass is 35.5. The van der Waals surface area contributed by atoms with Crippen LogP contribution in [0.4, 0.5) is 15.2 Å². The van der Waals surface area contributed by atoms with Crippen LogP contribution in [0.25, 0.3) is 0 Å². The van der Waals surface area contributed by atoms with Crippen molar-refractivity contribution in [3.05, 3.63) is 75.0 Å². The fraction of sp³-hybridized carbons (Fsp3) is 0.150. The van der Waals surface area contributed by atoms with Crippen molar-refractivity contribution in [1.82, 2.24) is 9.71 Å². The van der Waals surface area contributed by atoms with Gasteiger partial charge in [-0.25, -0.2) is 22.5 Å². The van der Waals surface area contributed by atoms with E-state index in [0.29, 0.717) is 26.8 Å². The number of nitriles is 1. The van der Waals surface area contributed by atoms with Gasteiger partial charge in [-0.3, -0.25) is 4.79 Å². The predicted molar refractivity (Wildman–Crippen MR) is 118 cm³/mol. The van der Waals surface area contributed by atoms with E-state index in [1.807, 2.05) is 10.8 Å². The molecule has 0 unspecified atom stereocenters. The Balaban J connectivity index is 2.04. The molecule has 0 radical (unpaired) electrons. The predicted octanol–water partition coefficient (Wildman–Crippen LogP) is 4.14. The van der Waals surface area contributed by atoms with E-state index in [-0.39, 0.29) is 17.3 Å². The summed E-state index contributed by atoms with van der Waals surface area (Å²) < 4.78 is 38.6. The van der Waals surface area contributed by atoms with Crippen molar-refractivity contribution in [2.45, 2.75) is 13.5 Å². The lowest BCUT2D eigenvalue weighted by Crippen LogP contribution is -2.30. The second-order valence-electron chi connectivity index (χ2n) is 6.63. The maximum Gasteiger partial charge on any atom is 0.284 e. The number of carbonyl (C=O) groups is 1. The summed E-state index contributed by atoms with van der Waals surface area (Å²) in [5, 5.41) is 9.67. The molecule has 11 heteroatoms. The molecule has 1 heterocycles. The lowest BCUT2D eigenvalue weighted by atomic mass is 10.1. The van der Waals surface area contributed by atoms with Crippen LogP contribution in [0.5, 0.6) is 0 Å². The first-order valence-electron chi connectivity index (χ1n) is 8.78. The molecule has 0 saturated heterocycles. The van der Waals surface area contributed by atoms with Gasteiger partial charge in [-0.15, -0.1) is 11.3 Å². The zero-order valence-corrected chi connectivity index (χ0v) is 18.8. The number of anilines is 2. The first-order valence-corrected chi connectivity index (χ1v) is 11.9. The first kappa shape index (κ1) is 22.7. The molecular weight excluding hydrogens is 463 g/mol. The van der Waals surface area contributed by atoms with Crippen molar-refractivity contribution in [2.24, 2.45) is 0 Å². The van der Waals surface area contributed by atoms with Gasteiger partial charge in [0.05, 0.1) is 24.4 Å². The molecule has 1 aromatic heterocycles. The Hall–Kier alpha value is -3.00. The Kier molecular flexibility index (Phi) is 6.59. The summed E-state index contributed by atoms with van der Waals surface area (Å²) in [6.07, 6.45) is 0.879. The monoisotopic (exact) mass is 478 g/mol. The standard InChI is InChI=1S/C20H16ClFN4O3S2/c1-12-18(19(27)25-31(2,28)29)24-20(30-12)26(17-5-3-13(10-23)4-6-17)11-14-7-15(21)9-16(22)8-14/h3-9H,11H2,1-2H3,(H,25,27). The van der Waals surface area contributed by atoms with E-state index < -0.39 is 21.7 Å². The number of nitrogens with zero attached hydrogens (tertiary/aromatic N) is 3. The van der Waals surface area contributed by atoms with Crippen molar-refractivity contribution in [1.29, 1.82) is 5.26 Å². The van der Waals surface area contributed by atoms with Crippen LogP contribution in [0.15, 0.2) is 42.5 Å². The number of thiazole rings is 1. The molecule has 0 aliphatic heterocycles. The number of benzene rings is 2. The molecule has 1 N–H and O–H groups in total. The third kappa shape index (κ3) is 5.79. The minimum atomic E-state index is -3.75. The highest BCUT2D eigenvalue weighted by Crippen LogP contribution is 2.33. The summed E-state index contributed by atoms with van der Waals surface area (Å²) in [6.45, 7) is 1.82. The average Bonchev–Trinajstić information content (AvgIpc) is 3.06. The number of aryl methyl sites for hydroxylation is 1. The summed E-state index contributed by atoms with van der Waals surface area (Å²) in [6, 6.07) is 12.8. The molecule has 2 aromatic carbocycles. The fourth-order valence-corrected chi connectivity index (χ4v) is 4.40. The Morgan fingerprint density at radius 2 is 1.97 bits per heavy atom. The van der Waals surface area contributed by atoms with Crippen molar-refractivity contribution in [2.75, 3.05) is 11.2 Å². The number of sulfonamides is 1. The summed E-state index contributed by atoms with van der Waals surface area (Å²) in [4.78, 5) is 18.9. The van der Waals surface area contributed by atoms with Gasteiger partial charge in [-0.2, -0.15) is 5.26 Å². The summed E-state index contributed by atoms with van der Waals surface area (Å²) in [5.74, 6) is -1.33. The zero-order chi connectivity index (χ0) is 22.8. The van der Waals surface area contributed by atoms with Crippen molar-refractivity contribution in [3.63, 3.8) is 0 Å². The van der Waals surface area contributed by atoms with Crippen LogP contribution in [0.1, 0.15) is 26.5 Å². The SMILES string of the molecule is Cc1sc(N(Cc2cc(F)cc(Cl)c2)c2ccc(C#N)cc2)nc1C(=O)NS(C)(=O)=O. The van der Waals surface area contributed by atoms with E-state index >= 15 is 0 Å². The van der Waals surface area contributed by atoms with Gasteiger partial charge in [0.25, 0.3) is 5.91 Å². The summed E-state index contributed by atoms with van der Waals surface area (Å²) >= 11 is 7.16. The van der Waals surface area contributed by atoms with E-state index in [1.54, 1.807) is 42.2 Å². The molecule has 31 heavy (non-hydrogen) atoms. The fourth-order valence-electron chi connectivity index (χ4n) is 2.80. The lowest BCUT2D eigenvalue weighted by molar-refractivity contribution is 0.0977. The van der Waals surface area contributed by atoms with Crippen LogP contribution in [0, 0.1) is 24.1 Å². The second-order valence-corrected chi connectivity index (χ2v) is 9.99. The third-order valence-electron chi connectivity index (χ3n) is 4.08. The summed E-state index contributed by atoms with van der Waals surface area (Å²) in [7, 11) is -3.75. The van der Waals surface area contributed by atoms with E-state index in [2.05, 4.69) is 4.98 Å². The molecule has 0 aliphatic carbocycles. The minimum Gasteiger partial charge on any atom is -0.313 e. The van der Waals surface area contributed by atoms with E-state index in [9.17, 15) is 17.6 Å². The van der Waals surface area contributed by atoms with Gasteiger partial charge in [0.2, 0.25) is 10.0 Å². The highest BCUT2D eigenvalue weighted by Gasteiger charge is 2.22. The maximum absolute atomic E-state index is 13.9. The van der Waals surface area contributed by atoms with Crippen LogP contribution in [0.3, 0.4) is 0 Å². The minimum absolute atomic E-state index is 0.0265. The highest BCUT2D eigenvalue weighted by molar-refractivity contribution is 7.89. The van der Waals surface area contributed by atoms with Crippen LogP contribution >= 0.6 is 22.9 Å². The number of aromatic nitrogens is 1. The largest absolute Gasteiger partial charge is 0.313 e. The van der Waals surface area contributed by atoms with Gasteiger partial charge in [-0.05, 0) is 55.0 Å². The van der Waals surface area contributed by atoms with Crippen molar-refractivity contribution >= 4 is 49.7 Å². The van der Waals surface area contributed by atoms with Crippen LogP contribution < -0.4 is 9.62 Å². The number of rotatable bonds is 6. The third-order valence-corrected chi connectivity index (χ3v) is 5.85. The number of carbonyl (C=O) groups excluding carboxylic acids is 1. The number of halogens is 2. The van der Waals surface area contributed by atoms with Gasteiger partial charge in [-0.1, -0.05) is 11.6 Å². The maximum atomic E-state index is 13.9. The van der Waals surface area contributed by atoms with Gasteiger partial charge in [0.1, 0.15) is 11.5 Å². The summed E-state index contributed by atoms with van der Waals surface area (Å²) in [5.41, 5.74) is 1.63. The Bertz CT molecular complexity index is 1260. The molecule has 0 bridgehead atoms. The van der Waals surface area contributed by atoms with Crippen molar-refractivity contribution < 1.29 is 17.6 Å². The molecule has 0 saturated carbocycles. The molecule has 0 spiro atoms. The lowest BCUT2D eigenvalue weighted by Gasteiger charge is -2.22. The van der Waals surface area contributed by atoms with E-state index in [0.717, 1.165) is 6.26 Å². The zero-order valence-electron chi connectivity index (χ0n) is 16.4. The smallest absolute Gasteiger partial charge is 0.284 e. The van der Waals surface area contributed by atoms with Crippen LogP contribution in [0.2, 0.25) is 5.02 Å². The van der Waals surface area contributed by atoms with Crippen LogP contribution in [-0.4, -0.2) is 25.6 Å². The van der Waals surface area contributed by atoms with E-state index in [1.165, 1.54) is 23.5 Å². The normalized spacial score (nSPS) is 11.1. The number of nitrogens with one attached hydrogen (secondary N) is 1. The van der Waals surface area contributed by atoms with Gasteiger partial charge < -0.3 is 4.90 Å². The molecule has 3 rings (SSSR count). The number of hydrogen-bond donors (Lipinski definition) is 1. The Morgan fingerprint density at radius 3 is 2.55 bits per heavy atom. The quantitative estimate of drug-likeness (QED) is 0.571. The second kappa shape index (κ2) is 9.01. The van der Waals surface area contributed by atoms with Crippen molar-refractivity contribution in [3.8, 4) is 6.07 Å².